The van der Waals surface area contributed by atoms with Gasteiger partial charge in [0.05, 0.1) is 19.8 Å². The Balaban J connectivity index is 1.51. The number of hydrogen-bond donors (Lipinski definition) is 1. The van der Waals surface area contributed by atoms with Crippen LogP contribution in [0.15, 0.2) is 6.07 Å². The molecule has 0 atom stereocenters. The Morgan fingerprint density at radius 2 is 1.87 bits per heavy atom. The van der Waals surface area contributed by atoms with Crippen molar-refractivity contribution in [2.45, 2.75) is 0 Å². The largest absolute Gasteiger partial charge is 0.378 e. The van der Waals surface area contributed by atoms with Gasteiger partial charge in [-0.1, -0.05) is 11.6 Å². The molecule has 126 valence electrons. The van der Waals surface area contributed by atoms with Crippen molar-refractivity contribution in [1.29, 1.82) is 0 Å². The van der Waals surface area contributed by atoms with Gasteiger partial charge >= 0.3 is 0 Å². The molecule has 3 rings (SSSR count). The highest BCUT2D eigenvalue weighted by Crippen LogP contribution is 2.18. The first kappa shape index (κ1) is 16.2. The van der Waals surface area contributed by atoms with Crippen LogP contribution in [0.4, 0.5) is 11.8 Å². The van der Waals surface area contributed by atoms with Gasteiger partial charge in [0.25, 0.3) is 0 Å². The summed E-state index contributed by atoms with van der Waals surface area (Å²) >= 11 is 5.92. The summed E-state index contributed by atoms with van der Waals surface area (Å²) in [5, 5.41) is 0.345. The number of nitrogens with two attached hydrogens (primary N) is 1. The van der Waals surface area contributed by atoms with Crippen molar-refractivity contribution in [2.75, 3.05) is 69.7 Å². The van der Waals surface area contributed by atoms with Gasteiger partial charge in [-0.05, 0) is 0 Å². The lowest BCUT2D eigenvalue weighted by Gasteiger charge is -2.36. The van der Waals surface area contributed by atoms with Gasteiger partial charge in [-0.2, -0.15) is 4.98 Å². The molecule has 23 heavy (non-hydrogen) atoms. The molecule has 8 nitrogen and oxygen atoms in total. The van der Waals surface area contributed by atoms with Gasteiger partial charge < -0.3 is 20.3 Å². The second kappa shape index (κ2) is 7.29. The molecule has 1 aromatic heterocycles. The van der Waals surface area contributed by atoms with Gasteiger partial charge in [0.15, 0.2) is 0 Å². The van der Waals surface area contributed by atoms with Crippen molar-refractivity contribution in [3.05, 3.63) is 11.2 Å². The van der Waals surface area contributed by atoms with E-state index >= 15 is 0 Å². The van der Waals surface area contributed by atoms with Crippen LogP contribution in [0.5, 0.6) is 0 Å². The van der Waals surface area contributed by atoms with Crippen molar-refractivity contribution in [3.63, 3.8) is 0 Å². The predicted octanol–water partition coefficient (Wildman–Crippen LogP) is -0.307. The van der Waals surface area contributed by atoms with Gasteiger partial charge in [-0.25, -0.2) is 4.98 Å². The van der Waals surface area contributed by atoms with E-state index in [0.717, 1.165) is 32.0 Å². The number of piperazine rings is 1. The van der Waals surface area contributed by atoms with Crippen LogP contribution in [-0.2, 0) is 9.53 Å². The van der Waals surface area contributed by atoms with Crippen LogP contribution >= 0.6 is 11.6 Å². The molecule has 0 aromatic carbocycles. The van der Waals surface area contributed by atoms with Crippen LogP contribution in [0.2, 0.25) is 5.15 Å². The van der Waals surface area contributed by atoms with Crippen molar-refractivity contribution < 1.29 is 9.53 Å². The molecule has 0 radical (unpaired) electrons. The molecule has 3 heterocycles. The molecule has 9 heteroatoms. The maximum absolute atomic E-state index is 12.3. The highest BCUT2D eigenvalue weighted by atomic mass is 35.5. The lowest BCUT2D eigenvalue weighted by atomic mass is 10.3. The summed E-state index contributed by atoms with van der Waals surface area (Å²) in [6.45, 7) is 6.28. The van der Waals surface area contributed by atoms with Crippen molar-refractivity contribution in [2.24, 2.45) is 0 Å². The minimum atomic E-state index is 0.177. The summed E-state index contributed by atoms with van der Waals surface area (Å²) < 4.78 is 5.27. The number of carbonyl (C=O) groups is 1. The van der Waals surface area contributed by atoms with E-state index in [1.54, 1.807) is 6.07 Å². The van der Waals surface area contributed by atoms with Crippen LogP contribution in [0.1, 0.15) is 0 Å². The highest BCUT2D eigenvalue weighted by molar-refractivity contribution is 6.29. The Bertz CT molecular complexity index is 538. The number of halogens is 1. The molecule has 2 aliphatic heterocycles. The van der Waals surface area contributed by atoms with Gasteiger partial charge in [0.1, 0.15) is 11.0 Å². The van der Waals surface area contributed by atoms with Gasteiger partial charge in [0, 0.05) is 45.3 Å². The lowest BCUT2D eigenvalue weighted by Crippen LogP contribution is -2.51. The van der Waals surface area contributed by atoms with Gasteiger partial charge in [-0.3, -0.25) is 9.69 Å². The topological polar surface area (TPSA) is 87.8 Å². The van der Waals surface area contributed by atoms with Gasteiger partial charge in [0.2, 0.25) is 11.9 Å². The standard InChI is InChI=1S/C14H21ClN6O2/c15-11-9-12(18-14(16)17-11)20-3-1-19(2-4-20)10-13(22)21-5-7-23-8-6-21/h9H,1-8,10H2,(H2,16,17,18). The molecule has 1 aromatic rings. The van der Waals surface area contributed by atoms with E-state index in [9.17, 15) is 4.79 Å². The molecule has 0 bridgehead atoms. The molecular weight excluding hydrogens is 320 g/mol. The van der Waals surface area contributed by atoms with Crippen molar-refractivity contribution >= 4 is 29.3 Å². The summed E-state index contributed by atoms with van der Waals surface area (Å²) in [6, 6.07) is 1.71. The van der Waals surface area contributed by atoms with E-state index in [1.807, 2.05) is 4.90 Å². The Kier molecular flexibility index (Phi) is 5.14. The molecular formula is C14H21ClN6O2. The predicted molar refractivity (Wildman–Crippen MR) is 87.5 cm³/mol. The van der Waals surface area contributed by atoms with E-state index < -0.39 is 0 Å². The second-order valence-electron chi connectivity index (χ2n) is 5.66. The minimum Gasteiger partial charge on any atom is -0.378 e. The Morgan fingerprint density at radius 3 is 2.52 bits per heavy atom. The number of hydrogen-bond acceptors (Lipinski definition) is 7. The summed E-state index contributed by atoms with van der Waals surface area (Å²) in [4.78, 5) is 26.5. The first-order valence-electron chi connectivity index (χ1n) is 7.75. The van der Waals surface area contributed by atoms with Crippen LogP contribution in [0.25, 0.3) is 0 Å². The number of nitrogens with zero attached hydrogens (tertiary/aromatic N) is 5. The number of morpholine rings is 1. The zero-order valence-corrected chi connectivity index (χ0v) is 13.7. The monoisotopic (exact) mass is 340 g/mol. The number of ether oxygens (including phenoxy) is 1. The van der Waals surface area contributed by atoms with Crippen LogP contribution in [0, 0.1) is 0 Å². The number of carbonyl (C=O) groups excluding carboxylic acids is 1. The third-order valence-electron chi connectivity index (χ3n) is 4.12. The molecule has 1 amide bonds. The molecule has 2 saturated heterocycles. The van der Waals surface area contributed by atoms with Gasteiger partial charge in [-0.15, -0.1) is 0 Å². The maximum atomic E-state index is 12.3. The number of nitrogen functional groups attached to an aromatic ring is 1. The molecule has 0 saturated carbocycles. The average Bonchev–Trinajstić information content (AvgIpc) is 2.55. The fourth-order valence-electron chi connectivity index (χ4n) is 2.82. The number of rotatable bonds is 3. The Morgan fingerprint density at radius 1 is 1.17 bits per heavy atom. The first-order valence-corrected chi connectivity index (χ1v) is 8.12. The normalized spacial score (nSPS) is 19.9. The van der Waals surface area contributed by atoms with E-state index in [0.29, 0.717) is 38.0 Å². The van der Waals surface area contributed by atoms with Crippen LogP contribution in [-0.4, -0.2) is 84.7 Å². The SMILES string of the molecule is Nc1nc(Cl)cc(N2CCN(CC(=O)N3CCOCC3)CC2)n1. The molecule has 0 aliphatic carbocycles. The van der Waals surface area contributed by atoms with Crippen LogP contribution in [0.3, 0.4) is 0 Å². The fourth-order valence-corrected chi connectivity index (χ4v) is 3.01. The van der Waals surface area contributed by atoms with Crippen molar-refractivity contribution in [1.82, 2.24) is 19.8 Å². The fraction of sp³-hybridized carbons (Fsp3) is 0.643. The van der Waals surface area contributed by atoms with E-state index in [-0.39, 0.29) is 11.9 Å². The third-order valence-corrected chi connectivity index (χ3v) is 4.31. The molecule has 0 unspecified atom stereocenters. The molecule has 2 fully saturated rings. The number of aromatic nitrogens is 2. The summed E-state index contributed by atoms with van der Waals surface area (Å²) in [5.74, 6) is 1.09. The smallest absolute Gasteiger partial charge is 0.236 e. The minimum absolute atomic E-state index is 0.177. The quantitative estimate of drug-likeness (QED) is 0.755. The summed E-state index contributed by atoms with van der Waals surface area (Å²) in [5.41, 5.74) is 5.64. The Hall–Kier alpha value is -1.64. The number of anilines is 2. The number of amides is 1. The zero-order chi connectivity index (χ0) is 16.2. The maximum Gasteiger partial charge on any atom is 0.236 e. The molecule has 0 spiro atoms. The Labute approximate surface area is 140 Å². The average molecular weight is 341 g/mol. The molecule has 2 N–H and O–H groups in total. The summed E-state index contributed by atoms with van der Waals surface area (Å²) in [6.07, 6.45) is 0. The highest BCUT2D eigenvalue weighted by Gasteiger charge is 2.23. The lowest BCUT2D eigenvalue weighted by molar-refractivity contribution is -0.136. The van der Waals surface area contributed by atoms with E-state index in [2.05, 4.69) is 19.8 Å². The first-order chi connectivity index (χ1) is 11.1. The third kappa shape index (κ3) is 4.21. The zero-order valence-electron chi connectivity index (χ0n) is 12.9. The van der Waals surface area contributed by atoms with E-state index in [1.165, 1.54) is 0 Å². The summed E-state index contributed by atoms with van der Waals surface area (Å²) in [7, 11) is 0. The second-order valence-corrected chi connectivity index (χ2v) is 6.05. The molecule has 2 aliphatic rings. The van der Waals surface area contributed by atoms with Crippen molar-refractivity contribution in [3.8, 4) is 0 Å². The van der Waals surface area contributed by atoms with E-state index in [4.69, 9.17) is 22.1 Å². The van der Waals surface area contributed by atoms with Crippen LogP contribution < -0.4 is 10.6 Å².